The van der Waals surface area contributed by atoms with E-state index >= 15 is 0 Å². The van der Waals surface area contributed by atoms with Gasteiger partial charge in [0.1, 0.15) is 0 Å². The van der Waals surface area contributed by atoms with Gasteiger partial charge in [0.15, 0.2) is 5.76 Å². The standard InChI is InChI=1S/C20H30O2/c1-15-16(2)19(21)20(22)18(15)14-17-12-10-8-6-4-3-5-7-9-11-13-17/h15,21H,3-13H2,1-2H3. The maximum Gasteiger partial charge on any atom is 0.231 e. The molecule has 2 heteroatoms. The molecule has 0 aliphatic heterocycles. The summed E-state index contributed by atoms with van der Waals surface area (Å²) in [6, 6.07) is 0. The van der Waals surface area contributed by atoms with Gasteiger partial charge in [-0.2, -0.15) is 0 Å². The molecule has 0 bridgehead atoms. The summed E-state index contributed by atoms with van der Waals surface area (Å²) in [6.45, 7) is 3.84. The third kappa shape index (κ3) is 4.36. The Morgan fingerprint density at radius 3 is 1.77 bits per heavy atom. The maximum absolute atomic E-state index is 12.2. The van der Waals surface area contributed by atoms with Gasteiger partial charge in [-0.15, -0.1) is 5.73 Å². The van der Waals surface area contributed by atoms with Crippen molar-refractivity contribution in [3.8, 4) is 0 Å². The van der Waals surface area contributed by atoms with Gasteiger partial charge in [-0.25, -0.2) is 0 Å². The van der Waals surface area contributed by atoms with Crippen molar-refractivity contribution < 1.29 is 9.90 Å². The predicted octanol–water partition coefficient (Wildman–Crippen LogP) is 5.79. The first kappa shape index (κ1) is 17.1. The van der Waals surface area contributed by atoms with Crippen LogP contribution in [-0.2, 0) is 4.79 Å². The van der Waals surface area contributed by atoms with Crippen molar-refractivity contribution in [1.29, 1.82) is 0 Å². The number of rotatable bonds is 0. The number of ketones is 1. The molecule has 1 N–H and O–H groups in total. The van der Waals surface area contributed by atoms with E-state index in [1.54, 1.807) is 0 Å². The van der Waals surface area contributed by atoms with E-state index in [9.17, 15) is 9.90 Å². The van der Waals surface area contributed by atoms with E-state index in [0.717, 1.165) is 18.4 Å². The molecular weight excluding hydrogens is 272 g/mol. The van der Waals surface area contributed by atoms with Gasteiger partial charge >= 0.3 is 0 Å². The molecule has 0 aromatic rings. The van der Waals surface area contributed by atoms with E-state index in [1.165, 1.54) is 63.4 Å². The number of carbonyl (C=O) groups excluding carboxylic acids is 1. The van der Waals surface area contributed by atoms with Gasteiger partial charge in [0.25, 0.3) is 0 Å². The topological polar surface area (TPSA) is 37.3 Å². The molecule has 0 aromatic heterocycles. The van der Waals surface area contributed by atoms with Crippen molar-refractivity contribution in [2.24, 2.45) is 5.92 Å². The highest BCUT2D eigenvalue weighted by molar-refractivity contribution is 6.10. The van der Waals surface area contributed by atoms with Gasteiger partial charge in [0.05, 0.1) is 5.57 Å². The molecule has 1 atom stereocenters. The van der Waals surface area contributed by atoms with Crippen molar-refractivity contribution in [2.45, 2.75) is 84.5 Å². The third-order valence-corrected chi connectivity index (χ3v) is 5.18. The van der Waals surface area contributed by atoms with Crippen LogP contribution in [0.2, 0.25) is 0 Å². The molecule has 22 heavy (non-hydrogen) atoms. The minimum Gasteiger partial charge on any atom is -0.504 e. The molecule has 0 radical (unpaired) electrons. The number of carbonyl (C=O) groups is 1. The van der Waals surface area contributed by atoms with Crippen LogP contribution in [0.1, 0.15) is 84.5 Å². The molecule has 1 fully saturated rings. The highest BCUT2D eigenvalue weighted by Crippen LogP contribution is 2.32. The van der Waals surface area contributed by atoms with Crippen LogP contribution in [0.25, 0.3) is 0 Å². The van der Waals surface area contributed by atoms with Crippen LogP contribution < -0.4 is 0 Å². The van der Waals surface area contributed by atoms with Crippen molar-refractivity contribution in [3.05, 3.63) is 28.2 Å². The van der Waals surface area contributed by atoms with Crippen LogP contribution in [0.3, 0.4) is 0 Å². The molecule has 0 saturated heterocycles. The zero-order valence-electron chi connectivity index (χ0n) is 14.2. The SMILES string of the molecule is CC1=C(O)C(=O)C(=C=C2CCCCCCCCCCC2)C1C. The zero-order valence-corrected chi connectivity index (χ0v) is 14.2. The summed E-state index contributed by atoms with van der Waals surface area (Å²) in [6.07, 6.45) is 13.9. The number of hydrogen-bond acceptors (Lipinski definition) is 2. The van der Waals surface area contributed by atoms with Crippen LogP contribution in [0.5, 0.6) is 0 Å². The van der Waals surface area contributed by atoms with Crippen molar-refractivity contribution in [3.63, 3.8) is 0 Å². The number of Topliss-reactive ketones (excluding diaryl/α,β-unsaturated/α-hetero) is 1. The fourth-order valence-corrected chi connectivity index (χ4v) is 3.44. The Kier molecular flexibility index (Phi) is 6.51. The van der Waals surface area contributed by atoms with E-state index in [4.69, 9.17) is 0 Å². The first-order valence-corrected chi connectivity index (χ1v) is 9.04. The summed E-state index contributed by atoms with van der Waals surface area (Å²) < 4.78 is 0. The molecule has 2 rings (SSSR count). The minimum absolute atomic E-state index is 0.0152. The van der Waals surface area contributed by atoms with Crippen molar-refractivity contribution in [2.75, 3.05) is 0 Å². The summed E-state index contributed by atoms with van der Waals surface area (Å²) in [5.74, 6) is -0.242. The van der Waals surface area contributed by atoms with Crippen LogP contribution in [0.15, 0.2) is 28.2 Å². The van der Waals surface area contributed by atoms with E-state index in [-0.39, 0.29) is 17.5 Å². The van der Waals surface area contributed by atoms with Crippen LogP contribution in [-0.4, -0.2) is 10.9 Å². The van der Waals surface area contributed by atoms with Gasteiger partial charge in [-0.3, -0.25) is 4.79 Å². The minimum atomic E-state index is -0.205. The van der Waals surface area contributed by atoms with Crippen LogP contribution in [0.4, 0.5) is 0 Å². The number of aliphatic hydroxyl groups is 1. The summed E-state index contributed by atoms with van der Waals surface area (Å²) in [5, 5.41) is 9.85. The van der Waals surface area contributed by atoms with Crippen molar-refractivity contribution in [1.82, 2.24) is 0 Å². The molecule has 1 saturated carbocycles. The van der Waals surface area contributed by atoms with Gasteiger partial charge < -0.3 is 5.11 Å². The van der Waals surface area contributed by atoms with E-state index in [1.807, 2.05) is 13.8 Å². The molecular formula is C20H30O2. The van der Waals surface area contributed by atoms with Gasteiger partial charge in [0, 0.05) is 5.92 Å². The third-order valence-electron chi connectivity index (χ3n) is 5.18. The molecule has 0 amide bonds. The monoisotopic (exact) mass is 302 g/mol. The molecule has 2 nitrogen and oxygen atoms in total. The summed E-state index contributed by atoms with van der Waals surface area (Å²) in [4.78, 5) is 12.2. The second-order valence-electron chi connectivity index (χ2n) is 6.91. The maximum atomic E-state index is 12.2. The Morgan fingerprint density at radius 2 is 1.36 bits per heavy atom. The molecule has 0 spiro atoms. The highest BCUT2D eigenvalue weighted by Gasteiger charge is 2.31. The second-order valence-corrected chi connectivity index (χ2v) is 6.91. The molecule has 2 aliphatic carbocycles. The lowest BCUT2D eigenvalue weighted by molar-refractivity contribution is -0.114. The molecule has 122 valence electrons. The number of aliphatic hydroxyl groups excluding tert-OH is 1. The Labute approximate surface area is 135 Å². The predicted molar refractivity (Wildman–Crippen MR) is 90.8 cm³/mol. The summed E-state index contributed by atoms with van der Waals surface area (Å²) >= 11 is 0. The average Bonchev–Trinajstić information content (AvgIpc) is 2.67. The van der Waals surface area contributed by atoms with E-state index in [0.29, 0.717) is 5.57 Å². The van der Waals surface area contributed by atoms with Gasteiger partial charge in [0.2, 0.25) is 5.78 Å². The largest absolute Gasteiger partial charge is 0.504 e. The molecule has 1 unspecified atom stereocenters. The smallest absolute Gasteiger partial charge is 0.231 e. The first-order chi connectivity index (χ1) is 10.6. The van der Waals surface area contributed by atoms with Gasteiger partial charge in [-0.05, 0) is 43.8 Å². The Balaban J connectivity index is 2.15. The van der Waals surface area contributed by atoms with E-state index in [2.05, 4.69) is 5.73 Å². The van der Waals surface area contributed by atoms with E-state index < -0.39 is 0 Å². The zero-order chi connectivity index (χ0) is 15.9. The normalized spacial score (nSPS) is 25.7. The summed E-state index contributed by atoms with van der Waals surface area (Å²) in [5.41, 5.74) is 6.17. The van der Waals surface area contributed by atoms with Gasteiger partial charge in [-0.1, -0.05) is 51.9 Å². The molecule has 0 aromatic carbocycles. The Bertz CT molecular complexity index is 490. The van der Waals surface area contributed by atoms with Crippen molar-refractivity contribution >= 4 is 5.78 Å². The summed E-state index contributed by atoms with van der Waals surface area (Å²) in [7, 11) is 0. The first-order valence-electron chi connectivity index (χ1n) is 9.04. The van der Waals surface area contributed by atoms with Crippen LogP contribution in [0, 0.1) is 5.92 Å². The van der Waals surface area contributed by atoms with Crippen LogP contribution >= 0.6 is 0 Å². The Hall–Kier alpha value is -1.27. The fraction of sp³-hybridized carbons (Fsp3) is 0.700. The lowest BCUT2D eigenvalue weighted by Crippen LogP contribution is -2.02. The Morgan fingerprint density at radius 1 is 0.909 bits per heavy atom. The lowest BCUT2D eigenvalue weighted by atomic mass is 9.95. The quantitative estimate of drug-likeness (QED) is 0.454. The molecule has 0 heterocycles. The highest BCUT2D eigenvalue weighted by atomic mass is 16.3. The fourth-order valence-electron chi connectivity index (χ4n) is 3.44. The lowest BCUT2D eigenvalue weighted by Gasteiger charge is -2.09. The number of hydrogen-bond donors (Lipinski definition) is 1. The average molecular weight is 302 g/mol. The molecule has 2 aliphatic rings. The number of allylic oxidation sites excluding steroid dienone is 2. The second kappa shape index (κ2) is 8.39.